The highest BCUT2D eigenvalue weighted by Crippen LogP contribution is 2.27. The summed E-state index contributed by atoms with van der Waals surface area (Å²) in [5, 5.41) is 14.0. The Bertz CT molecular complexity index is 874. The molecular formula is C17H20N2O5S. The van der Waals surface area contributed by atoms with Crippen LogP contribution in [-0.4, -0.2) is 32.7 Å². The van der Waals surface area contributed by atoms with E-state index in [-0.39, 0.29) is 4.90 Å². The molecule has 0 unspecified atom stereocenters. The molecule has 7 nitrogen and oxygen atoms in total. The van der Waals surface area contributed by atoms with Crippen molar-refractivity contribution in [3.05, 3.63) is 57.6 Å². The Labute approximate surface area is 146 Å². The van der Waals surface area contributed by atoms with Crippen LogP contribution < -0.4 is 10.1 Å². The Morgan fingerprint density at radius 3 is 2.36 bits per heavy atom. The summed E-state index contributed by atoms with van der Waals surface area (Å²) >= 11 is 0. The van der Waals surface area contributed by atoms with Crippen LogP contribution in [0.4, 0.5) is 11.4 Å². The van der Waals surface area contributed by atoms with Crippen LogP contribution in [0.15, 0.2) is 41.3 Å². The van der Waals surface area contributed by atoms with Crippen molar-refractivity contribution in [3.63, 3.8) is 0 Å². The van der Waals surface area contributed by atoms with Gasteiger partial charge in [-0.15, -0.1) is 0 Å². The fraction of sp³-hybridized carbons (Fsp3) is 0.294. The first-order valence-electron chi connectivity index (χ1n) is 7.61. The molecule has 0 radical (unpaired) electrons. The van der Waals surface area contributed by atoms with Gasteiger partial charge in [-0.25, -0.2) is 8.42 Å². The molecular weight excluding hydrogens is 344 g/mol. The largest absolute Gasteiger partial charge is 0.491 e. The molecule has 0 bridgehead atoms. The Morgan fingerprint density at radius 2 is 1.80 bits per heavy atom. The monoisotopic (exact) mass is 364 g/mol. The van der Waals surface area contributed by atoms with Crippen LogP contribution in [0, 0.1) is 24.0 Å². The van der Waals surface area contributed by atoms with Gasteiger partial charge < -0.3 is 10.1 Å². The standard InChI is InChI=1S/C17H20N2O5S/c1-12-5-4-6-13(2)17(12)24-10-9-18-14-7-8-15(19(20)21)16(11-14)25(3,22)23/h4-8,11,18H,9-10H2,1-3H3. The molecule has 2 rings (SSSR count). The minimum absolute atomic E-state index is 0.307. The smallest absolute Gasteiger partial charge is 0.288 e. The van der Waals surface area contributed by atoms with E-state index in [2.05, 4.69) is 5.32 Å². The molecule has 2 aromatic carbocycles. The fourth-order valence-electron chi connectivity index (χ4n) is 2.45. The van der Waals surface area contributed by atoms with Gasteiger partial charge in [0.1, 0.15) is 17.3 Å². The van der Waals surface area contributed by atoms with Gasteiger partial charge in [0.25, 0.3) is 5.69 Å². The summed E-state index contributed by atoms with van der Waals surface area (Å²) in [6, 6.07) is 9.82. The van der Waals surface area contributed by atoms with Crippen LogP contribution in [0.1, 0.15) is 11.1 Å². The van der Waals surface area contributed by atoms with Crippen LogP contribution in [0.5, 0.6) is 5.75 Å². The number of anilines is 1. The molecule has 1 N–H and O–H groups in total. The Morgan fingerprint density at radius 1 is 1.16 bits per heavy atom. The molecule has 2 aromatic rings. The Hall–Kier alpha value is -2.61. The number of sulfone groups is 1. The lowest BCUT2D eigenvalue weighted by molar-refractivity contribution is -0.387. The lowest BCUT2D eigenvalue weighted by Crippen LogP contribution is -2.13. The fourth-order valence-corrected chi connectivity index (χ4v) is 3.31. The average molecular weight is 364 g/mol. The number of hydrogen-bond acceptors (Lipinski definition) is 6. The maximum absolute atomic E-state index is 11.7. The molecule has 0 saturated heterocycles. The van der Waals surface area contributed by atoms with Gasteiger partial charge in [0, 0.05) is 24.6 Å². The van der Waals surface area contributed by atoms with Crippen molar-refractivity contribution in [2.24, 2.45) is 0 Å². The maximum Gasteiger partial charge on any atom is 0.288 e. The van der Waals surface area contributed by atoms with Crippen LogP contribution in [0.2, 0.25) is 0 Å². The molecule has 0 spiro atoms. The number of benzene rings is 2. The molecule has 0 fully saturated rings. The zero-order valence-electron chi connectivity index (χ0n) is 14.3. The van der Waals surface area contributed by atoms with Crippen molar-refractivity contribution in [2.75, 3.05) is 24.7 Å². The van der Waals surface area contributed by atoms with Gasteiger partial charge in [0.2, 0.25) is 0 Å². The number of rotatable bonds is 7. The summed E-state index contributed by atoms with van der Waals surface area (Å²) in [6.45, 7) is 4.72. The number of nitrogens with zero attached hydrogens (tertiary/aromatic N) is 1. The van der Waals surface area contributed by atoms with Crippen molar-refractivity contribution in [1.29, 1.82) is 0 Å². The van der Waals surface area contributed by atoms with Gasteiger partial charge in [-0.3, -0.25) is 10.1 Å². The molecule has 0 heterocycles. The number of aryl methyl sites for hydroxylation is 2. The molecule has 0 saturated carbocycles. The Balaban J connectivity index is 2.05. The molecule has 134 valence electrons. The molecule has 0 aliphatic rings. The van der Waals surface area contributed by atoms with E-state index in [1.54, 1.807) is 0 Å². The number of nitro groups is 1. The van der Waals surface area contributed by atoms with Crippen molar-refractivity contribution in [1.82, 2.24) is 0 Å². The average Bonchev–Trinajstić information content (AvgIpc) is 2.52. The first-order chi connectivity index (χ1) is 11.7. The first kappa shape index (κ1) is 18.7. The molecule has 0 aromatic heterocycles. The lowest BCUT2D eigenvalue weighted by Gasteiger charge is -2.13. The zero-order chi connectivity index (χ0) is 18.6. The van der Waals surface area contributed by atoms with Gasteiger partial charge >= 0.3 is 0 Å². The van der Waals surface area contributed by atoms with E-state index in [1.165, 1.54) is 18.2 Å². The minimum atomic E-state index is -3.70. The highest BCUT2D eigenvalue weighted by Gasteiger charge is 2.22. The highest BCUT2D eigenvalue weighted by atomic mass is 32.2. The van der Waals surface area contributed by atoms with Gasteiger partial charge in [0.05, 0.1) is 4.92 Å². The van der Waals surface area contributed by atoms with E-state index in [1.807, 2.05) is 32.0 Å². The topological polar surface area (TPSA) is 98.5 Å². The van der Waals surface area contributed by atoms with Crippen LogP contribution in [0.3, 0.4) is 0 Å². The summed E-state index contributed by atoms with van der Waals surface area (Å²) in [6.07, 6.45) is 0.948. The molecule has 0 amide bonds. The van der Waals surface area contributed by atoms with Crippen molar-refractivity contribution < 1.29 is 18.1 Å². The van der Waals surface area contributed by atoms with E-state index < -0.39 is 20.4 Å². The van der Waals surface area contributed by atoms with Crippen LogP contribution >= 0.6 is 0 Å². The van der Waals surface area contributed by atoms with E-state index in [0.717, 1.165) is 23.1 Å². The minimum Gasteiger partial charge on any atom is -0.491 e. The number of hydrogen-bond donors (Lipinski definition) is 1. The predicted molar refractivity (Wildman–Crippen MR) is 96.1 cm³/mol. The number of ether oxygens (including phenoxy) is 1. The van der Waals surface area contributed by atoms with Gasteiger partial charge in [-0.05, 0) is 37.1 Å². The summed E-state index contributed by atoms with van der Waals surface area (Å²) in [7, 11) is -3.70. The molecule has 0 atom stereocenters. The number of para-hydroxylation sites is 1. The molecule has 25 heavy (non-hydrogen) atoms. The summed E-state index contributed by atoms with van der Waals surface area (Å²) in [4.78, 5) is 9.95. The van der Waals surface area contributed by atoms with E-state index >= 15 is 0 Å². The summed E-state index contributed by atoms with van der Waals surface area (Å²) in [5.74, 6) is 0.824. The van der Waals surface area contributed by atoms with Crippen molar-refractivity contribution >= 4 is 21.2 Å². The summed E-state index contributed by atoms with van der Waals surface area (Å²) in [5.41, 5.74) is 2.13. The van der Waals surface area contributed by atoms with Crippen molar-refractivity contribution in [2.45, 2.75) is 18.7 Å². The Kier molecular flexibility index (Phi) is 5.63. The third kappa shape index (κ3) is 4.69. The van der Waals surface area contributed by atoms with E-state index in [9.17, 15) is 18.5 Å². The molecule has 0 aliphatic heterocycles. The van der Waals surface area contributed by atoms with Gasteiger partial charge in [0.15, 0.2) is 9.84 Å². The predicted octanol–water partition coefficient (Wildman–Crippen LogP) is 3.11. The van der Waals surface area contributed by atoms with Gasteiger partial charge in [-0.2, -0.15) is 0 Å². The van der Waals surface area contributed by atoms with Crippen LogP contribution in [0.25, 0.3) is 0 Å². The lowest BCUT2D eigenvalue weighted by atomic mass is 10.1. The second-order valence-electron chi connectivity index (χ2n) is 5.71. The summed E-state index contributed by atoms with van der Waals surface area (Å²) < 4.78 is 29.2. The maximum atomic E-state index is 11.7. The SMILES string of the molecule is Cc1cccc(C)c1OCCNc1ccc([N+](=O)[O-])c(S(C)(=O)=O)c1. The first-order valence-corrected chi connectivity index (χ1v) is 9.50. The second-order valence-corrected chi connectivity index (χ2v) is 7.69. The molecule has 0 aliphatic carbocycles. The van der Waals surface area contributed by atoms with E-state index in [4.69, 9.17) is 4.74 Å². The molecule has 8 heteroatoms. The van der Waals surface area contributed by atoms with Gasteiger partial charge in [-0.1, -0.05) is 18.2 Å². The van der Waals surface area contributed by atoms with Crippen molar-refractivity contribution in [3.8, 4) is 5.75 Å². The third-order valence-corrected chi connectivity index (χ3v) is 4.77. The highest BCUT2D eigenvalue weighted by molar-refractivity contribution is 7.90. The normalized spacial score (nSPS) is 11.2. The zero-order valence-corrected chi connectivity index (χ0v) is 15.1. The second kappa shape index (κ2) is 7.52. The number of nitrogens with one attached hydrogen (secondary N) is 1. The van der Waals surface area contributed by atoms with Crippen LogP contribution in [-0.2, 0) is 9.84 Å². The quantitative estimate of drug-likeness (QED) is 0.460. The third-order valence-electron chi connectivity index (χ3n) is 3.64. The van der Waals surface area contributed by atoms with E-state index in [0.29, 0.717) is 18.8 Å². The number of nitro benzene ring substituents is 1.